The van der Waals surface area contributed by atoms with Crippen LogP contribution in [0.5, 0.6) is 0 Å². The fraction of sp³-hybridized carbons (Fsp3) is 0.800. The number of urea groups is 1. The predicted molar refractivity (Wildman–Crippen MR) is 53.1 cm³/mol. The maximum Gasteiger partial charge on any atom is 0.318 e. The minimum Gasteiger partial charge on any atom is -0.379 e. The van der Waals surface area contributed by atoms with Gasteiger partial charge in [-0.15, -0.1) is 0 Å². The Labute approximate surface area is 89.0 Å². The molecule has 2 rings (SSSR count). The van der Waals surface area contributed by atoms with Crippen LogP contribution in [0.3, 0.4) is 0 Å². The largest absolute Gasteiger partial charge is 0.379 e. The van der Waals surface area contributed by atoms with E-state index in [1.165, 1.54) is 0 Å². The van der Waals surface area contributed by atoms with Crippen LogP contribution in [0.15, 0.2) is 0 Å². The zero-order valence-electron chi connectivity index (χ0n) is 8.61. The highest BCUT2D eigenvalue weighted by Crippen LogP contribution is 2.16. The Morgan fingerprint density at radius 3 is 3.07 bits per heavy atom. The molecule has 0 saturated carbocycles. The van der Waals surface area contributed by atoms with Gasteiger partial charge in [-0.2, -0.15) is 5.26 Å². The van der Waals surface area contributed by atoms with Gasteiger partial charge in [-0.05, 0) is 19.3 Å². The molecule has 0 bridgehead atoms. The van der Waals surface area contributed by atoms with E-state index in [9.17, 15) is 4.79 Å². The van der Waals surface area contributed by atoms with Crippen molar-refractivity contribution in [1.29, 1.82) is 5.26 Å². The maximum absolute atomic E-state index is 11.8. The van der Waals surface area contributed by atoms with Gasteiger partial charge in [0.25, 0.3) is 0 Å². The normalized spacial score (nSPS) is 30.2. The standard InChI is InChI=1S/C10H15N3O2/c11-6-9-2-1-4-13(9)10(14)12-8-3-5-15-7-8/h8-9H,1-5,7H2,(H,12,14). The lowest BCUT2D eigenvalue weighted by Gasteiger charge is -2.22. The van der Waals surface area contributed by atoms with Crippen LogP contribution in [0.4, 0.5) is 4.79 Å². The van der Waals surface area contributed by atoms with Gasteiger partial charge in [0.1, 0.15) is 6.04 Å². The Morgan fingerprint density at radius 2 is 2.40 bits per heavy atom. The van der Waals surface area contributed by atoms with Crippen LogP contribution in [0.1, 0.15) is 19.3 Å². The number of hydrogen-bond donors (Lipinski definition) is 1. The number of nitrogens with zero attached hydrogens (tertiary/aromatic N) is 2. The van der Waals surface area contributed by atoms with Gasteiger partial charge in [-0.25, -0.2) is 4.79 Å². The minimum atomic E-state index is -0.243. The third-order valence-corrected chi connectivity index (χ3v) is 2.92. The van der Waals surface area contributed by atoms with Crippen molar-refractivity contribution in [2.24, 2.45) is 0 Å². The monoisotopic (exact) mass is 209 g/mol. The second kappa shape index (κ2) is 4.49. The molecule has 5 heteroatoms. The lowest BCUT2D eigenvalue weighted by atomic mass is 10.2. The van der Waals surface area contributed by atoms with Crippen molar-refractivity contribution in [3.05, 3.63) is 0 Å². The molecule has 0 radical (unpaired) electrons. The second-order valence-corrected chi connectivity index (χ2v) is 3.99. The molecule has 2 amide bonds. The van der Waals surface area contributed by atoms with Crippen LogP contribution in [0.2, 0.25) is 0 Å². The first-order chi connectivity index (χ1) is 7.31. The topological polar surface area (TPSA) is 65.4 Å². The average Bonchev–Trinajstić information content (AvgIpc) is 2.86. The van der Waals surface area contributed by atoms with Crippen molar-refractivity contribution in [3.8, 4) is 6.07 Å². The summed E-state index contributed by atoms with van der Waals surface area (Å²) in [7, 11) is 0. The van der Waals surface area contributed by atoms with E-state index in [0.717, 1.165) is 19.3 Å². The third-order valence-electron chi connectivity index (χ3n) is 2.92. The SMILES string of the molecule is N#CC1CCCN1C(=O)NC1CCOC1. The Balaban J connectivity index is 1.87. The number of likely N-dealkylation sites (tertiary alicyclic amines) is 1. The fourth-order valence-electron chi connectivity index (χ4n) is 2.05. The number of carbonyl (C=O) groups is 1. The molecule has 15 heavy (non-hydrogen) atoms. The quantitative estimate of drug-likeness (QED) is 0.682. The van der Waals surface area contributed by atoms with Gasteiger partial charge in [0.05, 0.1) is 18.7 Å². The summed E-state index contributed by atoms with van der Waals surface area (Å²) < 4.78 is 5.18. The van der Waals surface area contributed by atoms with Crippen LogP contribution in [0.25, 0.3) is 0 Å². The average molecular weight is 209 g/mol. The fourth-order valence-corrected chi connectivity index (χ4v) is 2.05. The van der Waals surface area contributed by atoms with E-state index < -0.39 is 0 Å². The molecule has 0 aliphatic carbocycles. The summed E-state index contributed by atoms with van der Waals surface area (Å²) in [6.07, 6.45) is 2.59. The van der Waals surface area contributed by atoms with Gasteiger partial charge in [0, 0.05) is 13.2 Å². The Morgan fingerprint density at radius 1 is 1.53 bits per heavy atom. The van der Waals surface area contributed by atoms with Crippen molar-refractivity contribution >= 4 is 6.03 Å². The van der Waals surface area contributed by atoms with Gasteiger partial charge in [0.2, 0.25) is 0 Å². The summed E-state index contributed by atoms with van der Waals surface area (Å²) in [6, 6.07) is 1.92. The molecular weight excluding hydrogens is 194 g/mol. The third kappa shape index (κ3) is 2.21. The first kappa shape index (κ1) is 10.2. The second-order valence-electron chi connectivity index (χ2n) is 3.99. The first-order valence-corrected chi connectivity index (χ1v) is 5.36. The summed E-state index contributed by atoms with van der Waals surface area (Å²) in [4.78, 5) is 13.4. The predicted octanol–water partition coefficient (Wildman–Crippen LogP) is 0.473. The Bertz CT molecular complexity index is 281. The van der Waals surface area contributed by atoms with Gasteiger partial charge in [-0.3, -0.25) is 0 Å². The highest BCUT2D eigenvalue weighted by atomic mass is 16.5. The molecule has 0 aromatic heterocycles. The van der Waals surface area contributed by atoms with E-state index >= 15 is 0 Å². The highest BCUT2D eigenvalue weighted by molar-refractivity contribution is 5.75. The van der Waals surface area contributed by atoms with E-state index in [4.69, 9.17) is 10.00 Å². The Hall–Kier alpha value is -1.28. The maximum atomic E-state index is 11.8. The van der Waals surface area contributed by atoms with Gasteiger partial charge < -0.3 is 15.0 Å². The van der Waals surface area contributed by atoms with Crippen molar-refractivity contribution < 1.29 is 9.53 Å². The number of nitriles is 1. The van der Waals surface area contributed by atoms with Crippen molar-refractivity contribution in [3.63, 3.8) is 0 Å². The summed E-state index contributed by atoms with van der Waals surface area (Å²) >= 11 is 0. The number of carbonyl (C=O) groups excluding carboxylic acids is 1. The van der Waals surface area contributed by atoms with Crippen LogP contribution in [0, 0.1) is 11.3 Å². The molecule has 2 aliphatic rings. The number of amides is 2. The molecule has 2 aliphatic heterocycles. The smallest absolute Gasteiger partial charge is 0.318 e. The summed E-state index contributed by atoms with van der Waals surface area (Å²) in [6.45, 7) is 2.00. The van der Waals surface area contributed by atoms with Crippen LogP contribution in [-0.2, 0) is 4.74 Å². The lowest BCUT2D eigenvalue weighted by molar-refractivity contribution is 0.179. The molecule has 2 unspecified atom stereocenters. The molecule has 0 aromatic carbocycles. The van der Waals surface area contributed by atoms with Crippen LogP contribution < -0.4 is 5.32 Å². The summed E-state index contributed by atoms with van der Waals surface area (Å²) in [5, 5.41) is 11.7. The number of ether oxygens (including phenoxy) is 1. The summed E-state index contributed by atoms with van der Waals surface area (Å²) in [5.74, 6) is 0. The lowest BCUT2D eigenvalue weighted by Crippen LogP contribution is -2.46. The number of rotatable bonds is 1. The van der Waals surface area contributed by atoms with E-state index in [-0.39, 0.29) is 18.1 Å². The molecule has 0 spiro atoms. The van der Waals surface area contributed by atoms with Crippen molar-refractivity contribution in [1.82, 2.24) is 10.2 Å². The van der Waals surface area contributed by atoms with Gasteiger partial charge in [0.15, 0.2) is 0 Å². The minimum absolute atomic E-state index is 0.116. The molecule has 2 fully saturated rings. The molecule has 2 heterocycles. The molecule has 1 N–H and O–H groups in total. The molecule has 2 atom stereocenters. The zero-order chi connectivity index (χ0) is 10.7. The molecule has 5 nitrogen and oxygen atoms in total. The first-order valence-electron chi connectivity index (χ1n) is 5.36. The Kier molecular flexibility index (Phi) is 3.07. The molecule has 82 valence electrons. The molecule has 0 aromatic rings. The van der Waals surface area contributed by atoms with E-state index in [1.807, 2.05) is 0 Å². The highest BCUT2D eigenvalue weighted by Gasteiger charge is 2.30. The van der Waals surface area contributed by atoms with Crippen LogP contribution in [-0.4, -0.2) is 42.8 Å². The van der Waals surface area contributed by atoms with Gasteiger partial charge >= 0.3 is 6.03 Å². The van der Waals surface area contributed by atoms with Crippen molar-refractivity contribution in [2.45, 2.75) is 31.3 Å². The zero-order valence-corrected chi connectivity index (χ0v) is 8.61. The molecular formula is C10H15N3O2. The summed E-state index contributed by atoms with van der Waals surface area (Å²) in [5.41, 5.74) is 0. The van der Waals surface area contributed by atoms with E-state index in [0.29, 0.717) is 19.8 Å². The van der Waals surface area contributed by atoms with E-state index in [2.05, 4.69) is 11.4 Å². The van der Waals surface area contributed by atoms with E-state index in [1.54, 1.807) is 4.90 Å². The van der Waals surface area contributed by atoms with Crippen LogP contribution >= 0.6 is 0 Å². The molecule has 2 saturated heterocycles. The van der Waals surface area contributed by atoms with Crippen molar-refractivity contribution in [2.75, 3.05) is 19.8 Å². The number of nitrogens with one attached hydrogen (secondary N) is 1. The number of hydrogen-bond acceptors (Lipinski definition) is 3. The van der Waals surface area contributed by atoms with Gasteiger partial charge in [-0.1, -0.05) is 0 Å².